The average Bonchev–Trinajstić information content (AvgIpc) is 2.63. The Balaban J connectivity index is 2.16. The predicted molar refractivity (Wildman–Crippen MR) is 97.4 cm³/mol. The molecule has 0 aliphatic rings. The molecule has 0 unspecified atom stereocenters. The van der Waals surface area contributed by atoms with Crippen molar-refractivity contribution in [3.8, 4) is 23.8 Å². The Morgan fingerprint density at radius 2 is 1.88 bits per heavy atom. The summed E-state index contributed by atoms with van der Waals surface area (Å²) in [5.41, 5.74) is 1.20. The van der Waals surface area contributed by atoms with E-state index in [0.29, 0.717) is 11.3 Å². The first kappa shape index (κ1) is 19.2. The largest absolute Gasteiger partial charge is 0.507 e. The molecule has 0 fully saturated rings. The van der Waals surface area contributed by atoms with Gasteiger partial charge in [0.25, 0.3) is 0 Å². The van der Waals surface area contributed by atoms with Crippen LogP contribution in [0.3, 0.4) is 0 Å². The summed E-state index contributed by atoms with van der Waals surface area (Å²) in [5.74, 6) is 0.455. The van der Waals surface area contributed by atoms with Crippen LogP contribution in [0.2, 0.25) is 5.02 Å². The van der Waals surface area contributed by atoms with E-state index in [2.05, 4.69) is 16.0 Å². The molecule has 0 bridgehead atoms. The Hall–Kier alpha value is -3.17. The Labute approximate surface area is 155 Å². The zero-order chi connectivity index (χ0) is 19.3. The molecule has 1 amide bonds. The number of terminal acetylenes is 1. The number of phenolic OH excluding ortho intramolecular Hbond substituents is 2. The maximum absolute atomic E-state index is 12.1. The van der Waals surface area contributed by atoms with Crippen LogP contribution in [0.4, 0.5) is 5.69 Å². The first-order valence-electron chi connectivity index (χ1n) is 7.55. The van der Waals surface area contributed by atoms with Crippen molar-refractivity contribution in [3.63, 3.8) is 0 Å². The van der Waals surface area contributed by atoms with Gasteiger partial charge in [0.15, 0.2) is 0 Å². The van der Waals surface area contributed by atoms with Gasteiger partial charge >= 0.3 is 5.97 Å². The summed E-state index contributed by atoms with van der Waals surface area (Å²) in [6.07, 6.45) is 5.25. The minimum atomic E-state index is -0.815. The average molecular weight is 374 g/mol. The van der Waals surface area contributed by atoms with Gasteiger partial charge in [-0.05, 0) is 36.2 Å². The minimum Gasteiger partial charge on any atom is -0.507 e. The van der Waals surface area contributed by atoms with Crippen LogP contribution in [0.1, 0.15) is 27.9 Å². The molecule has 7 heteroatoms. The molecule has 0 radical (unpaired) electrons. The second kappa shape index (κ2) is 8.28. The van der Waals surface area contributed by atoms with Gasteiger partial charge in [-0.2, -0.15) is 0 Å². The standard InChI is InChI=1S/C19H16ClNO5/c1-3-11-4-6-12(7-5-11)21-16(24)9-8-13-17(19(25)26-2)14(22)10-15(23)18(13)20/h1,4-7,10,22-23H,8-9H2,2H3,(H,21,24). The van der Waals surface area contributed by atoms with E-state index in [1.807, 2.05) is 0 Å². The summed E-state index contributed by atoms with van der Waals surface area (Å²) >= 11 is 6.03. The van der Waals surface area contributed by atoms with Gasteiger partial charge in [-0.15, -0.1) is 6.42 Å². The van der Waals surface area contributed by atoms with Crippen molar-refractivity contribution in [2.24, 2.45) is 0 Å². The molecule has 0 saturated heterocycles. The van der Waals surface area contributed by atoms with Crippen LogP contribution < -0.4 is 5.32 Å². The van der Waals surface area contributed by atoms with E-state index in [0.717, 1.165) is 13.2 Å². The Morgan fingerprint density at radius 1 is 1.23 bits per heavy atom. The number of rotatable bonds is 5. The Bertz CT molecular complexity index is 884. The van der Waals surface area contributed by atoms with Crippen molar-refractivity contribution in [1.29, 1.82) is 0 Å². The monoisotopic (exact) mass is 373 g/mol. The highest BCUT2D eigenvalue weighted by molar-refractivity contribution is 6.33. The number of phenols is 2. The number of carbonyl (C=O) groups excluding carboxylic acids is 2. The van der Waals surface area contributed by atoms with Crippen LogP contribution in [0, 0.1) is 12.3 Å². The molecule has 2 rings (SSSR count). The topological polar surface area (TPSA) is 95.9 Å². The minimum absolute atomic E-state index is 0.0134. The zero-order valence-corrected chi connectivity index (χ0v) is 14.6. The summed E-state index contributed by atoms with van der Waals surface area (Å²) in [4.78, 5) is 24.0. The molecule has 0 spiro atoms. The molecule has 0 saturated carbocycles. The second-order valence-electron chi connectivity index (χ2n) is 5.34. The fraction of sp³-hybridized carbons (Fsp3) is 0.158. The molecule has 26 heavy (non-hydrogen) atoms. The SMILES string of the molecule is C#Cc1ccc(NC(=O)CCc2c(Cl)c(O)cc(O)c2C(=O)OC)cc1. The smallest absolute Gasteiger partial charge is 0.341 e. The quantitative estimate of drug-likeness (QED) is 0.553. The number of ether oxygens (including phenoxy) is 1. The van der Waals surface area contributed by atoms with Crippen LogP contribution in [0.25, 0.3) is 0 Å². The van der Waals surface area contributed by atoms with Gasteiger partial charge in [-0.3, -0.25) is 4.79 Å². The van der Waals surface area contributed by atoms with E-state index in [1.54, 1.807) is 24.3 Å². The van der Waals surface area contributed by atoms with Gasteiger partial charge in [-0.1, -0.05) is 17.5 Å². The van der Waals surface area contributed by atoms with Crippen molar-refractivity contribution < 1.29 is 24.5 Å². The molecular weight excluding hydrogens is 358 g/mol. The molecule has 3 N–H and O–H groups in total. The normalized spacial score (nSPS) is 10.0. The number of halogens is 1. The van der Waals surface area contributed by atoms with Gasteiger partial charge < -0.3 is 20.3 Å². The van der Waals surface area contributed by atoms with E-state index in [4.69, 9.17) is 18.0 Å². The number of hydrogen-bond acceptors (Lipinski definition) is 5. The first-order chi connectivity index (χ1) is 12.4. The summed E-state index contributed by atoms with van der Waals surface area (Å²) in [6.45, 7) is 0. The molecule has 6 nitrogen and oxygen atoms in total. The third-order valence-electron chi connectivity index (χ3n) is 3.65. The number of hydrogen-bond donors (Lipinski definition) is 3. The maximum Gasteiger partial charge on any atom is 0.341 e. The van der Waals surface area contributed by atoms with Gasteiger partial charge in [-0.25, -0.2) is 4.79 Å². The lowest BCUT2D eigenvalue weighted by Crippen LogP contribution is -2.14. The molecule has 0 aliphatic heterocycles. The van der Waals surface area contributed by atoms with E-state index >= 15 is 0 Å². The molecular formula is C19H16ClNO5. The number of amides is 1. The zero-order valence-electron chi connectivity index (χ0n) is 13.9. The first-order valence-corrected chi connectivity index (χ1v) is 7.93. The van der Waals surface area contributed by atoms with Crippen molar-refractivity contribution in [1.82, 2.24) is 0 Å². The second-order valence-corrected chi connectivity index (χ2v) is 5.72. The van der Waals surface area contributed by atoms with Crippen molar-refractivity contribution in [2.45, 2.75) is 12.8 Å². The summed E-state index contributed by atoms with van der Waals surface area (Å²) in [5, 5.41) is 22.2. The molecule has 0 aromatic heterocycles. The van der Waals surface area contributed by atoms with Crippen molar-refractivity contribution >= 4 is 29.2 Å². The van der Waals surface area contributed by atoms with Crippen LogP contribution >= 0.6 is 11.6 Å². The molecule has 0 heterocycles. The number of aromatic hydroxyl groups is 2. The van der Waals surface area contributed by atoms with Gasteiger partial charge in [0.1, 0.15) is 17.1 Å². The molecule has 2 aromatic rings. The number of methoxy groups -OCH3 is 1. The number of esters is 1. The van der Waals surface area contributed by atoms with Crippen molar-refractivity contribution in [3.05, 3.63) is 52.0 Å². The Kier molecular flexibility index (Phi) is 6.10. The van der Waals surface area contributed by atoms with Crippen LogP contribution in [-0.2, 0) is 16.0 Å². The van der Waals surface area contributed by atoms with Gasteiger partial charge in [0.2, 0.25) is 5.91 Å². The summed E-state index contributed by atoms with van der Waals surface area (Å²) < 4.78 is 4.62. The van der Waals surface area contributed by atoms with E-state index in [1.165, 1.54) is 0 Å². The fourth-order valence-corrected chi connectivity index (χ4v) is 2.60. The lowest BCUT2D eigenvalue weighted by atomic mass is 10.0. The highest BCUT2D eigenvalue weighted by atomic mass is 35.5. The predicted octanol–water partition coefficient (Wildman–Crippen LogP) is 3.09. The molecule has 0 aliphatic carbocycles. The number of carbonyl (C=O) groups is 2. The third kappa shape index (κ3) is 4.26. The Morgan fingerprint density at radius 3 is 2.46 bits per heavy atom. The summed E-state index contributed by atoms with van der Waals surface area (Å²) in [6, 6.07) is 7.66. The third-order valence-corrected chi connectivity index (χ3v) is 4.07. The van der Waals surface area contributed by atoms with Gasteiger partial charge in [0.05, 0.1) is 12.1 Å². The molecule has 0 atom stereocenters. The van der Waals surface area contributed by atoms with Crippen LogP contribution in [-0.4, -0.2) is 29.2 Å². The van der Waals surface area contributed by atoms with E-state index in [9.17, 15) is 19.8 Å². The highest BCUT2D eigenvalue weighted by Crippen LogP contribution is 2.37. The number of benzene rings is 2. The van der Waals surface area contributed by atoms with Gasteiger partial charge in [0, 0.05) is 23.7 Å². The fourth-order valence-electron chi connectivity index (χ4n) is 2.36. The van der Waals surface area contributed by atoms with Crippen LogP contribution in [0.15, 0.2) is 30.3 Å². The summed E-state index contributed by atoms with van der Waals surface area (Å²) in [7, 11) is 1.15. The number of anilines is 1. The lowest BCUT2D eigenvalue weighted by molar-refractivity contribution is -0.116. The van der Waals surface area contributed by atoms with Crippen molar-refractivity contribution in [2.75, 3.05) is 12.4 Å². The van der Waals surface area contributed by atoms with E-state index in [-0.39, 0.29) is 34.9 Å². The highest BCUT2D eigenvalue weighted by Gasteiger charge is 2.23. The molecule has 2 aromatic carbocycles. The number of nitrogens with one attached hydrogen (secondary N) is 1. The maximum atomic E-state index is 12.1. The van der Waals surface area contributed by atoms with E-state index < -0.39 is 17.5 Å². The molecule has 134 valence electrons. The van der Waals surface area contributed by atoms with Crippen LogP contribution in [0.5, 0.6) is 11.5 Å². The lowest BCUT2D eigenvalue weighted by Gasteiger charge is -2.13.